The molecule has 3 aromatic rings. The van der Waals surface area contributed by atoms with Gasteiger partial charge >= 0.3 is 0 Å². The topological polar surface area (TPSA) is 104 Å². The molecule has 4 rings (SSSR count). The average Bonchev–Trinajstić information content (AvgIpc) is 2.78. The lowest BCUT2D eigenvalue weighted by Gasteiger charge is -2.25. The molecule has 0 aliphatic carbocycles. The first-order chi connectivity index (χ1) is 15.1. The molecule has 0 spiro atoms. The van der Waals surface area contributed by atoms with Gasteiger partial charge in [-0.25, -0.2) is 4.98 Å². The highest BCUT2D eigenvalue weighted by Crippen LogP contribution is 2.40. The lowest BCUT2D eigenvalue weighted by Crippen LogP contribution is -2.29. The van der Waals surface area contributed by atoms with E-state index in [2.05, 4.69) is 16.4 Å². The van der Waals surface area contributed by atoms with Crippen LogP contribution in [-0.2, 0) is 6.61 Å². The van der Waals surface area contributed by atoms with Crippen molar-refractivity contribution in [2.45, 2.75) is 25.4 Å². The molecule has 6 nitrogen and oxygen atoms in total. The smallest absolute Gasteiger partial charge is 0.142 e. The van der Waals surface area contributed by atoms with Crippen molar-refractivity contribution in [2.24, 2.45) is 0 Å². The van der Waals surface area contributed by atoms with E-state index in [0.29, 0.717) is 27.6 Å². The number of nitrogens with zero attached hydrogens (tertiary/aromatic N) is 2. The molecule has 158 valence electrons. The Bertz CT molecular complexity index is 1140. The fraction of sp³-hybridized carbons (Fsp3) is 0.250. The van der Waals surface area contributed by atoms with Gasteiger partial charge in [0.15, 0.2) is 0 Å². The normalized spacial score (nSPS) is 15.9. The summed E-state index contributed by atoms with van der Waals surface area (Å²) in [5, 5.41) is 24.3. The van der Waals surface area contributed by atoms with E-state index < -0.39 is 0 Å². The molecule has 2 heterocycles. The van der Waals surface area contributed by atoms with Crippen LogP contribution in [0.4, 0.5) is 5.82 Å². The lowest BCUT2D eigenvalue weighted by atomic mass is 9.88. The fourth-order valence-electron chi connectivity index (χ4n) is 3.96. The summed E-state index contributed by atoms with van der Waals surface area (Å²) in [6.45, 7) is 2.02. The van der Waals surface area contributed by atoms with E-state index in [1.807, 2.05) is 24.3 Å². The fourth-order valence-corrected chi connectivity index (χ4v) is 4.17. The van der Waals surface area contributed by atoms with Crippen LogP contribution in [-0.4, -0.2) is 23.2 Å². The monoisotopic (exact) mass is 434 g/mol. The Hall–Kier alpha value is -3.27. The molecule has 0 bridgehead atoms. The Kier molecular flexibility index (Phi) is 6.26. The van der Waals surface area contributed by atoms with Gasteiger partial charge in [-0.15, -0.1) is 0 Å². The maximum Gasteiger partial charge on any atom is 0.142 e. The Morgan fingerprint density at radius 3 is 2.84 bits per heavy atom. The second-order valence-electron chi connectivity index (χ2n) is 7.58. The van der Waals surface area contributed by atoms with Gasteiger partial charge < -0.3 is 20.9 Å². The number of halogens is 1. The van der Waals surface area contributed by atoms with E-state index in [9.17, 15) is 10.4 Å². The van der Waals surface area contributed by atoms with Gasteiger partial charge in [-0.1, -0.05) is 29.8 Å². The summed E-state index contributed by atoms with van der Waals surface area (Å²) in [6, 6.07) is 16.5. The Labute approximate surface area is 186 Å². The van der Waals surface area contributed by atoms with Crippen molar-refractivity contribution in [1.82, 2.24) is 10.3 Å². The number of aromatic nitrogens is 1. The molecule has 7 heteroatoms. The number of pyridine rings is 1. The second kappa shape index (κ2) is 9.25. The molecule has 4 N–H and O–H groups in total. The van der Waals surface area contributed by atoms with Crippen LogP contribution in [0.3, 0.4) is 0 Å². The highest BCUT2D eigenvalue weighted by Gasteiger charge is 2.23. The molecule has 0 radical (unpaired) electrons. The number of hydrogen-bond acceptors (Lipinski definition) is 6. The highest BCUT2D eigenvalue weighted by atomic mass is 35.5. The number of nitrogens with one attached hydrogen (secondary N) is 1. The number of ether oxygens (including phenoxy) is 1. The first-order valence-corrected chi connectivity index (χ1v) is 10.6. The molecular formula is C24H23ClN4O2. The third-order valence-corrected chi connectivity index (χ3v) is 5.71. The van der Waals surface area contributed by atoms with Crippen LogP contribution in [0.1, 0.15) is 35.4 Å². The number of nitrogens with two attached hydrogens (primary N) is 1. The summed E-state index contributed by atoms with van der Waals surface area (Å²) in [5.74, 6) is 0.830. The maximum atomic E-state index is 10.6. The zero-order valence-electron chi connectivity index (χ0n) is 16.9. The summed E-state index contributed by atoms with van der Waals surface area (Å²) >= 11 is 6.07. The number of nitriles is 1. The molecule has 1 unspecified atom stereocenters. The first-order valence-electron chi connectivity index (χ1n) is 10.2. The van der Waals surface area contributed by atoms with Crippen molar-refractivity contribution in [3.63, 3.8) is 0 Å². The predicted molar refractivity (Wildman–Crippen MR) is 121 cm³/mol. The van der Waals surface area contributed by atoms with Crippen molar-refractivity contribution >= 4 is 17.4 Å². The molecule has 1 fully saturated rings. The summed E-state index contributed by atoms with van der Waals surface area (Å²) in [6.07, 6.45) is 1.99. The number of anilines is 1. The van der Waals surface area contributed by atoms with E-state index >= 15 is 0 Å². The Morgan fingerprint density at radius 1 is 1.26 bits per heavy atom. The van der Waals surface area contributed by atoms with Crippen LogP contribution >= 0.6 is 11.6 Å². The molecule has 1 aromatic heterocycles. The maximum absolute atomic E-state index is 10.6. The molecule has 0 amide bonds. The third-order valence-electron chi connectivity index (χ3n) is 5.47. The molecule has 31 heavy (non-hydrogen) atoms. The average molecular weight is 435 g/mol. The zero-order chi connectivity index (χ0) is 21.8. The number of hydrogen-bond donors (Lipinski definition) is 3. The molecule has 1 aliphatic heterocycles. The Balaban J connectivity index is 1.73. The number of aromatic hydroxyl groups is 1. The molecule has 1 saturated heterocycles. The lowest BCUT2D eigenvalue weighted by molar-refractivity contribution is 0.306. The van der Waals surface area contributed by atoms with Gasteiger partial charge in [0.05, 0.1) is 16.8 Å². The van der Waals surface area contributed by atoms with Crippen LogP contribution < -0.4 is 15.8 Å². The van der Waals surface area contributed by atoms with Gasteiger partial charge in [-0.05, 0) is 66.8 Å². The van der Waals surface area contributed by atoms with Gasteiger partial charge in [0, 0.05) is 11.6 Å². The molecule has 1 aliphatic rings. The Morgan fingerprint density at radius 2 is 2.10 bits per heavy atom. The predicted octanol–water partition coefficient (Wildman–Crippen LogP) is 4.61. The standard InChI is InChI=1S/C24H23ClN4O2/c25-17-6-1-4-15(10-17)14-31-22-8-2-7-21(30)23(22)20-11-18(16-5-3-9-28-13-16)19(12-26)24(27)29-20/h1-2,4,6-8,10-11,16,28,30H,3,5,9,13-14H2,(H2,27,29). The molecule has 2 aromatic carbocycles. The van der Waals surface area contributed by atoms with Crippen LogP contribution in [0, 0.1) is 11.3 Å². The SMILES string of the molecule is N#Cc1c(C2CCCNC2)cc(-c2c(O)cccc2OCc2cccc(Cl)c2)nc1N. The van der Waals surface area contributed by atoms with Crippen molar-refractivity contribution in [1.29, 1.82) is 5.26 Å². The number of benzene rings is 2. The number of phenolic OH excluding ortho intramolecular Hbond substituents is 1. The van der Waals surface area contributed by atoms with Crippen molar-refractivity contribution in [3.05, 3.63) is 70.2 Å². The quantitative estimate of drug-likeness (QED) is 0.541. The van der Waals surface area contributed by atoms with Crippen LogP contribution in [0.25, 0.3) is 11.3 Å². The van der Waals surface area contributed by atoms with E-state index in [-0.39, 0.29) is 24.1 Å². The number of phenols is 1. The molecule has 0 saturated carbocycles. The minimum absolute atomic E-state index is 0.0351. The largest absolute Gasteiger partial charge is 0.507 e. The molecular weight excluding hydrogens is 412 g/mol. The van der Waals surface area contributed by atoms with Gasteiger partial charge in [0.2, 0.25) is 0 Å². The highest BCUT2D eigenvalue weighted by molar-refractivity contribution is 6.30. The van der Waals surface area contributed by atoms with Gasteiger partial charge in [-0.2, -0.15) is 5.26 Å². The summed E-state index contributed by atoms with van der Waals surface area (Å²) in [7, 11) is 0. The van der Waals surface area contributed by atoms with Crippen LogP contribution in [0.2, 0.25) is 5.02 Å². The van der Waals surface area contributed by atoms with Crippen molar-refractivity contribution in [3.8, 4) is 28.8 Å². The van der Waals surface area contributed by atoms with Gasteiger partial charge in [0.1, 0.15) is 30.0 Å². The summed E-state index contributed by atoms with van der Waals surface area (Å²) < 4.78 is 6.02. The van der Waals surface area contributed by atoms with Gasteiger partial charge in [0.25, 0.3) is 0 Å². The third kappa shape index (κ3) is 4.58. The first kappa shape index (κ1) is 21.0. The number of piperidine rings is 1. The number of nitrogen functional groups attached to an aromatic ring is 1. The minimum atomic E-state index is 0.0351. The zero-order valence-corrected chi connectivity index (χ0v) is 17.7. The van der Waals surface area contributed by atoms with E-state index in [1.54, 1.807) is 24.3 Å². The summed E-state index contributed by atoms with van der Waals surface area (Å²) in [4.78, 5) is 4.43. The number of rotatable bonds is 5. The second-order valence-corrected chi connectivity index (χ2v) is 8.02. The summed E-state index contributed by atoms with van der Waals surface area (Å²) in [5.41, 5.74) is 9.25. The van der Waals surface area contributed by atoms with Crippen molar-refractivity contribution < 1.29 is 9.84 Å². The van der Waals surface area contributed by atoms with E-state index in [1.165, 1.54) is 0 Å². The van der Waals surface area contributed by atoms with Gasteiger partial charge in [-0.3, -0.25) is 0 Å². The molecule has 1 atom stereocenters. The van der Waals surface area contributed by atoms with E-state index in [4.69, 9.17) is 22.1 Å². The van der Waals surface area contributed by atoms with Crippen LogP contribution in [0.5, 0.6) is 11.5 Å². The van der Waals surface area contributed by atoms with Crippen LogP contribution in [0.15, 0.2) is 48.5 Å². The van der Waals surface area contributed by atoms with Crippen molar-refractivity contribution in [2.75, 3.05) is 18.8 Å². The minimum Gasteiger partial charge on any atom is -0.507 e. The van der Waals surface area contributed by atoms with E-state index in [0.717, 1.165) is 37.1 Å².